The lowest BCUT2D eigenvalue weighted by atomic mass is 10.2. The summed E-state index contributed by atoms with van der Waals surface area (Å²) in [5, 5.41) is 9.92. The molecule has 24 heteroatoms. The third kappa shape index (κ3) is 7.89. The van der Waals surface area contributed by atoms with E-state index in [1.807, 2.05) is 0 Å². The lowest BCUT2D eigenvalue weighted by Gasteiger charge is -2.13. The number of hydrogen-bond acceptors (Lipinski definition) is 14. The standard InChI is InChI=1S/C16H10BrF3N2O7S2.C15H11BrN2O5S/c1-28-15(23)13-14(29-31(26,27)16(18,19)20)11-6-7-22(12(11)8-21-13)30(24,25)10-4-2-9(17)3-5-10;1-23-15(20)13-14(19)11-6-7-18(12(11)8-17-13)24(21,22)10-4-2-9(16)3-5-10/h2-8H,1H3;2-8,19H,1H3. The van der Waals surface area contributed by atoms with Crippen molar-refractivity contribution in [1.82, 2.24) is 17.9 Å². The largest absolute Gasteiger partial charge is 0.534 e. The Bertz CT molecular complexity index is 2810. The highest BCUT2D eigenvalue weighted by molar-refractivity contribution is 9.10. The molecule has 0 saturated carbocycles. The van der Waals surface area contributed by atoms with Gasteiger partial charge in [0.05, 0.1) is 47.4 Å². The number of esters is 2. The van der Waals surface area contributed by atoms with Crippen LogP contribution in [0.2, 0.25) is 0 Å². The molecule has 0 aliphatic carbocycles. The zero-order valence-corrected chi connectivity index (χ0v) is 33.0. The van der Waals surface area contributed by atoms with Gasteiger partial charge in [-0.05, 0) is 60.7 Å². The highest BCUT2D eigenvalue weighted by Crippen LogP contribution is 2.36. The Morgan fingerprint density at radius 1 is 0.673 bits per heavy atom. The van der Waals surface area contributed by atoms with Gasteiger partial charge in [-0.15, -0.1) is 0 Å². The van der Waals surface area contributed by atoms with Gasteiger partial charge >= 0.3 is 27.6 Å². The predicted molar refractivity (Wildman–Crippen MR) is 193 cm³/mol. The summed E-state index contributed by atoms with van der Waals surface area (Å²) in [5.41, 5.74) is -7.15. The number of benzene rings is 2. The van der Waals surface area contributed by atoms with Crippen molar-refractivity contribution in [2.45, 2.75) is 15.3 Å². The molecule has 0 unspecified atom stereocenters. The summed E-state index contributed by atoms with van der Waals surface area (Å²) in [7, 11) is -12.3. The number of aromatic hydroxyl groups is 1. The van der Waals surface area contributed by atoms with Gasteiger partial charge in [-0.25, -0.2) is 44.3 Å². The number of carbonyl (C=O) groups is 2. The van der Waals surface area contributed by atoms with Crippen molar-refractivity contribution >= 4 is 95.8 Å². The van der Waals surface area contributed by atoms with E-state index < -0.39 is 70.2 Å². The molecule has 290 valence electrons. The Labute approximate surface area is 325 Å². The molecule has 6 rings (SSSR count). The molecule has 0 fully saturated rings. The van der Waals surface area contributed by atoms with E-state index in [9.17, 15) is 53.1 Å². The van der Waals surface area contributed by atoms with Crippen molar-refractivity contribution in [3.63, 3.8) is 0 Å². The fourth-order valence-corrected chi connectivity index (χ4v) is 8.39. The normalized spacial score (nSPS) is 12.2. The fourth-order valence-electron chi connectivity index (χ4n) is 4.71. The summed E-state index contributed by atoms with van der Waals surface area (Å²) in [5.74, 6) is -3.65. The summed E-state index contributed by atoms with van der Waals surface area (Å²) in [6.45, 7) is 0. The number of halogens is 5. The number of alkyl halides is 3. The zero-order valence-electron chi connectivity index (χ0n) is 27.4. The minimum absolute atomic E-state index is 0.0831. The second-order valence-electron chi connectivity index (χ2n) is 10.6. The summed E-state index contributed by atoms with van der Waals surface area (Å²) in [6, 6.07) is 14.0. The van der Waals surface area contributed by atoms with Gasteiger partial charge in [0.15, 0.2) is 22.9 Å². The van der Waals surface area contributed by atoms with Gasteiger partial charge in [-0.1, -0.05) is 31.9 Å². The number of pyridine rings is 2. The topological polar surface area (TPSA) is 220 Å². The maximum atomic E-state index is 12.9. The van der Waals surface area contributed by atoms with Crippen molar-refractivity contribution in [3.05, 3.63) is 106 Å². The monoisotopic (exact) mass is 952 g/mol. The third-order valence-corrected chi connectivity index (χ3v) is 12.7. The Balaban J connectivity index is 0.000000218. The first-order valence-corrected chi connectivity index (χ1v) is 20.4. The minimum Gasteiger partial charge on any atom is -0.505 e. The molecule has 6 aromatic rings. The molecule has 0 atom stereocenters. The van der Waals surface area contributed by atoms with Crippen LogP contribution in [-0.2, 0) is 39.6 Å². The van der Waals surface area contributed by atoms with Crippen molar-refractivity contribution in [1.29, 1.82) is 0 Å². The molecule has 0 saturated heterocycles. The zero-order chi connectivity index (χ0) is 40.7. The van der Waals surface area contributed by atoms with E-state index in [0.29, 0.717) is 8.45 Å². The third-order valence-electron chi connectivity index (χ3n) is 7.33. The summed E-state index contributed by atoms with van der Waals surface area (Å²) in [6.07, 6.45) is 4.32. The van der Waals surface area contributed by atoms with Crippen LogP contribution in [0.5, 0.6) is 11.5 Å². The van der Waals surface area contributed by atoms with E-state index in [2.05, 4.69) is 55.5 Å². The van der Waals surface area contributed by atoms with Crippen LogP contribution in [0.3, 0.4) is 0 Å². The minimum atomic E-state index is -6.20. The molecule has 0 aliphatic rings. The first-order chi connectivity index (χ1) is 25.6. The molecule has 4 aromatic heterocycles. The van der Waals surface area contributed by atoms with Gasteiger partial charge in [0, 0.05) is 32.1 Å². The number of methoxy groups -OCH3 is 2. The van der Waals surface area contributed by atoms with Crippen LogP contribution in [0.4, 0.5) is 13.2 Å². The summed E-state index contributed by atoms with van der Waals surface area (Å²) in [4.78, 5) is 30.8. The molecule has 0 bridgehead atoms. The molecular weight excluding hydrogens is 933 g/mol. The Hall–Kier alpha value is -5.04. The van der Waals surface area contributed by atoms with Gasteiger partial charge in [-0.2, -0.15) is 21.6 Å². The Morgan fingerprint density at radius 3 is 1.51 bits per heavy atom. The van der Waals surface area contributed by atoms with Crippen LogP contribution >= 0.6 is 31.9 Å². The maximum Gasteiger partial charge on any atom is 0.534 e. The average Bonchev–Trinajstić information content (AvgIpc) is 3.78. The number of hydrogen-bond donors (Lipinski definition) is 1. The van der Waals surface area contributed by atoms with Gasteiger partial charge in [0.25, 0.3) is 20.0 Å². The maximum absolute atomic E-state index is 12.9. The smallest absolute Gasteiger partial charge is 0.505 e. The van der Waals surface area contributed by atoms with Crippen LogP contribution in [0.15, 0.2) is 104 Å². The number of ether oxygens (including phenoxy) is 2. The average molecular weight is 955 g/mol. The van der Waals surface area contributed by atoms with E-state index in [4.69, 9.17) is 0 Å². The van der Waals surface area contributed by atoms with E-state index >= 15 is 0 Å². The molecule has 0 spiro atoms. The van der Waals surface area contributed by atoms with Crippen molar-refractivity contribution in [3.8, 4) is 11.5 Å². The SMILES string of the molecule is COC(=O)c1ncc2c(ccn2S(=O)(=O)c2ccc(Br)cc2)c1O.COC(=O)c1ncc2c(ccn2S(=O)(=O)c2ccc(Br)cc2)c1OS(=O)(=O)C(F)(F)F. The fraction of sp³-hybridized carbons (Fsp3) is 0.0968. The molecular formula is C31H21Br2F3N4O12S3. The van der Waals surface area contributed by atoms with Crippen LogP contribution in [-0.4, -0.2) is 79.9 Å². The first-order valence-electron chi connectivity index (χ1n) is 14.5. The molecule has 0 amide bonds. The second-order valence-corrected chi connectivity index (χ2v) is 17.6. The number of fused-ring (bicyclic) bond motifs is 2. The number of rotatable bonds is 8. The molecule has 4 heterocycles. The Kier molecular flexibility index (Phi) is 11.4. The lowest BCUT2D eigenvalue weighted by Crippen LogP contribution is -2.29. The van der Waals surface area contributed by atoms with E-state index in [1.165, 1.54) is 54.9 Å². The van der Waals surface area contributed by atoms with E-state index in [-0.39, 0.29) is 31.9 Å². The first kappa shape index (κ1) is 41.1. The van der Waals surface area contributed by atoms with E-state index in [1.54, 1.807) is 12.1 Å². The van der Waals surface area contributed by atoms with Gasteiger partial charge in [0.2, 0.25) is 0 Å². The number of aromatic nitrogens is 4. The van der Waals surface area contributed by atoms with Gasteiger partial charge in [0.1, 0.15) is 0 Å². The molecule has 55 heavy (non-hydrogen) atoms. The molecule has 1 N–H and O–H groups in total. The predicted octanol–water partition coefficient (Wildman–Crippen LogP) is 5.58. The van der Waals surface area contributed by atoms with Crippen LogP contribution < -0.4 is 4.18 Å². The lowest BCUT2D eigenvalue weighted by molar-refractivity contribution is -0.0500. The highest BCUT2D eigenvalue weighted by Gasteiger charge is 2.49. The quantitative estimate of drug-likeness (QED) is 0.112. The molecule has 16 nitrogen and oxygen atoms in total. The van der Waals surface area contributed by atoms with Crippen molar-refractivity contribution < 1.29 is 66.8 Å². The van der Waals surface area contributed by atoms with E-state index in [0.717, 1.165) is 41.1 Å². The van der Waals surface area contributed by atoms with Crippen LogP contribution in [0.1, 0.15) is 21.0 Å². The van der Waals surface area contributed by atoms with Crippen LogP contribution in [0, 0.1) is 0 Å². The molecule has 0 radical (unpaired) electrons. The number of nitrogens with zero attached hydrogens (tertiary/aromatic N) is 4. The van der Waals surface area contributed by atoms with Crippen molar-refractivity contribution in [2.24, 2.45) is 0 Å². The second kappa shape index (κ2) is 15.2. The summed E-state index contributed by atoms with van der Waals surface area (Å²) >= 11 is 6.41. The highest BCUT2D eigenvalue weighted by atomic mass is 79.9. The van der Waals surface area contributed by atoms with Gasteiger partial charge in [-0.3, -0.25) is 0 Å². The summed E-state index contributed by atoms with van der Waals surface area (Å²) < 4.78 is 129. The number of carbonyl (C=O) groups excluding carboxylic acids is 2. The van der Waals surface area contributed by atoms with Crippen LogP contribution in [0.25, 0.3) is 21.8 Å². The van der Waals surface area contributed by atoms with Crippen molar-refractivity contribution in [2.75, 3.05) is 14.2 Å². The molecule has 2 aromatic carbocycles. The Morgan fingerprint density at radius 2 is 1.07 bits per heavy atom. The molecule has 0 aliphatic heterocycles. The van der Waals surface area contributed by atoms with Gasteiger partial charge < -0.3 is 18.8 Å².